The van der Waals surface area contributed by atoms with Crippen molar-refractivity contribution in [3.8, 4) is 0 Å². The van der Waals surface area contributed by atoms with E-state index >= 15 is 0 Å². The van der Waals surface area contributed by atoms with Crippen molar-refractivity contribution >= 4 is 17.5 Å². The second kappa shape index (κ2) is 8.70. The molecule has 0 atom stereocenters. The third kappa shape index (κ3) is 4.75. The van der Waals surface area contributed by atoms with Crippen molar-refractivity contribution in [2.45, 2.75) is 53.0 Å². The predicted molar refractivity (Wildman–Crippen MR) is 103 cm³/mol. The smallest absolute Gasteiger partial charge is 0.240 e. The fourth-order valence-corrected chi connectivity index (χ4v) is 2.97. The number of carbonyl (C=O) groups is 2. The summed E-state index contributed by atoms with van der Waals surface area (Å²) in [6.45, 7) is 10.2. The lowest BCUT2D eigenvalue weighted by molar-refractivity contribution is -0.123. The van der Waals surface area contributed by atoms with Crippen LogP contribution in [-0.2, 0) is 16.1 Å². The summed E-state index contributed by atoms with van der Waals surface area (Å²) in [4.78, 5) is 26.4. The van der Waals surface area contributed by atoms with E-state index in [1.54, 1.807) is 23.3 Å². The minimum Gasteiger partial charge on any atom is -0.467 e. The Bertz CT molecular complexity index is 722. The molecule has 140 valence electrons. The number of benzene rings is 1. The van der Waals surface area contributed by atoms with Crippen LogP contribution in [0.1, 0.15) is 63.3 Å². The molecule has 0 unspecified atom stereocenters. The van der Waals surface area contributed by atoms with Gasteiger partial charge in [0.1, 0.15) is 12.3 Å². The minimum absolute atomic E-state index is 0.0144. The zero-order valence-corrected chi connectivity index (χ0v) is 16.2. The van der Waals surface area contributed by atoms with E-state index in [2.05, 4.69) is 33.0 Å². The average Bonchev–Trinajstić information content (AvgIpc) is 3.10. The summed E-state index contributed by atoms with van der Waals surface area (Å²) < 4.78 is 5.23. The Kier molecular flexibility index (Phi) is 6.61. The van der Waals surface area contributed by atoms with E-state index in [-0.39, 0.29) is 30.2 Å². The maximum Gasteiger partial charge on any atom is 0.240 e. The number of amides is 2. The fourth-order valence-electron chi connectivity index (χ4n) is 2.97. The molecule has 0 saturated heterocycles. The lowest BCUT2D eigenvalue weighted by Crippen LogP contribution is -2.40. The summed E-state index contributed by atoms with van der Waals surface area (Å²) in [5.41, 5.74) is 3.01. The van der Waals surface area contributed by atoms with Crippen LogP contribution in [0.2, 0.25) is 0 Å². The van der Waals surface area contributed by atoms with Crippen LogP contribution < -0.4 is 10.2 Å². The first-order valence-corrected chi connectivity index (χ1v) is 9.01. The molecule has 0 aliphatic rings. The highest BCUT2D eigenvalue weighted by Crippen LogP contribution is 2.35. The van der Waals surface area contributed by atoms with Crippen LogP contribution in [0.25, 0.3) is 0 Å². The van der Waals surface area contributed by atoms with E-state index < -0.39 is 0 Å². The number of nitrogens with one attached hydrogen (secondary N) is 1. The minimum atomic E-state index is -0.218. The van der Waals surface area contributed by atoms with Gasteiger partial charge < -0.3 is 14.6 Å². The van der Waals surface area contributed by atoms with Crippen LogP contribution in [0.4, 0.5) is 5.69 Å². The van der Waals surface area contributed by atoms with Crippen LogP contribution in [0.3, 0.4) is 0 Å². The molecule has 0 saturated carbocycles. The number of hydrogen-bond donors (Lipinski definition) is 1. The summed E-state index contributed by atoms with van der Waals surface area (Å²) in [6.07, 6.45) is 1.57. The van der Waals surface area contributed by atoms with Crippen LogP contribution in [0, 0.1) is 0 Å². The van der Waals surface area contributed by atoms with E-state index in [0.717, 1.165) is 16.8 Å². The first-order chi connectivity index (χ1) is 12.3. The fraction of sp³-hybridized carbons (Fsp3) is 0.429. The summed E-state index contributed by atoms with van der Waals surface area (Å²) in [5, 5.41) is 2.81. The SMILES string of the molecule is CC(=O)N(CC(=O)NCc1ccco1)c1c(C(C)C)cccc1C(C)C. The van der Waals surface area contributed by atoms with Crippen LogP contribution >= 0.6 is 0 Å². The maximum atomic E-state index is 12.4. The van der Waals surface area contributed by atoms with Gasteiger partial charge in [-0.1, -0.05) is 45.9 Å². The molecule has 26 heavy (non-hydrogen) atoms. The first kappa shape index (κ1) is 19.8. The molecule has 2 amide bonds. The molecular formula is C21H28N2O3. The topological polar surface area (TPSA) is 62.6 Å². The number of para-hydroxylation sites is 1. The molecule has 5 heteroatoms. The monoisotopic (exact) mass is 356 g/mol. The van der Waals surface area contributed by atoms with E-state index in [0.29, 0.717) is 12.3 Å². The lowest BCUT2D eigenvalue weighted by Gasteiger charge is -2.29. The van der Waals surface area contributed by atoms with Crippen molar-refractivity contribution in [3.63, 3.8) is 0 Å². The van der Waals surface area contributed by atoms with Crippen LogP contribution in [-0.4, -0.2) is 18.4 Å². The first-order valence-electron chi connectivity index (χ1n) is 9.01. The Morgan fingerprint density at radius 2 is 1.65 bits per heavy atom. The molecule has 5 nitrogen and oxygen atoms in total. The molecule has 0 fully saturated rings. The molecule has 1 aromatic heterocycles. The van der Waals surface area contributed by atoms with Crippen molar-refractivity contribution in [1.82, 2.24) is 5.32 Å². The van der Waals surface area contributed by atoms with Gasteiger partial charge in [-0.25, -0.2) is 0 Å². The Hall–Kier alpha value is -2.56. The summed E-state index contributed by atoms with van der Waals surface area (Å²) in [6, 6.07) is 9.65. The zero-order valence-electron chi connectivity index (χ0n) is 16.2. The molecule has 1 N–H and O–H groups in total. The van der Waals surface area contributed by atoms with Gasteiger partial charge in [-0.15, -0.1) is 0 Å². The number of rotatable bonds is 7. The highest BCUT2D eigenvalue weighted by Gasteiger charge is 2.24. The summed E-state index contributed by atoms with van der Waals surface area (Å²) in [7, 11) is 0. The molecule has 0 spiro atoms. The van der Waals surface area contributed by atoms with Crippen LogP contribution in [0.15, 0.2) is 41.0 Å². The summed E-state index contributed by atoms with van der Waals surface area (Å²) in [5.74, 6) is 0.810. The molecule has 2 aromatic rings. The molecule has 0 aliphatic heterocycles. The molecular weight excluding hydrogens is 328 g/mol. The lowest BCUT2D eigenvalue weighted by atomic mass is 9.91. The predicted octanol–water partition coefficient (Wildman–Crippen LogP) is 4.20. The largest absolute Gasteiger partial charge is 0.467 e. The van der Waals surface area contributed by atoms with Crippen molar-refractivity contribution < 1.29 is 14.0 Å². The van der Waals surface area contributed by atoms with Gasteiger partial charge in [-0.3, -0.25) is 9.59 Å². The van der Waals surface area contributed by atoms with Gasteiger partial charge in [-0.05, 0) is 35.1 Å². The number of anilines is 1. The van der Waals surface area contributed by atoms with E-state index in [4.69, 9.17) is 4.42 Å². The van der Waals surface area contributed by atoms with Gasteiger partial charge in [0.05, 0.1) is 18.5 Å². The normalized spacial score (nSPS) is 11.0. The van der Waals surface area contributed by atoms with Crippen LogP contribution in [0.5, 0.6) is 0 Å². The van der Waals surface area contributed by atoms with Crippen molar-refractivity contribution in [2.24, 2.45) is 0 Å². The van der Waals surface area contributed by atoms with Gasteiger partial charge in [0.15, 0.2) is 0 Å². The standard InChI is InChI=1S/C21H28N2O3/c1-14(2)18-9-6-10-19(15(3)4)21(18)23(16(5)24)13-20(25)22-12-17-8-7-11-26-17/h6-11,14-15H,12-13H2,1-5H3,(H,22,25). The van der Waals surface area contributed by atoms with Gasteiger partial charge in [-0.2, -0.15) is 0 Å². The highest BCUT2D eigenvalue weighted by molar-refractivity contribution is 5.99. The maximum absolute atomic E-state index is 12.4. The number of carbonyl (C=O) groups excluding carboxylic acids is 2. The van der Waals surface area contributed by atoms with Crippen molar-refractivity contribution in [3.05, 3.63) is 53.5 Å². The van der Waals surface area contributed by atoms with Gasteiger partial charge in [0.2, 0.25) is 11.8 Å². The molecule has 2 rings (SSSR count). The van der Waals surface area contributed by atoms with Crippen molar-refractivity contribution in [1.29, 1.82) is 0 Å². The summed E-state index contributed by atoms with van der Waals surface area (Å²) >= 11 is 0. The molecule has 0 aliphatic carbocycles. The van der Waals surface area contributed by atoms with Crippen molar-refractivity contribution in [2.75, 3.05) is 11.4 Å². The highest BCUT2D eigenvalue weighted by atomic mass is 16.3. The zero-order chi connectivity index (χ0) is 19.3. The van der Waals surface area contributed by atoms with Gasteiger partial charge in [0.25, 0.3) is 0 Å². The molecule has 0 bridgehead atoms. The molecule has 1 aromatic carbocycles. The molecule has 1 heterocycles. The number of hydrogen-bond acceptors (Lipinski definition) is 3. The average molecular weight is 356 g/mol. The third-order valence-electron chi connectivity index (χ3n) is 4.33. The Labute approximate surface area is 155 Å². The van der Waals surface area contributed by atoms with E-state index in [9.17, 15) is 9.59 Å². The Balaban J connectivity index is 2.28. The second-order valence-corrected chi connectivity index (χ2v) is 7.06. The van der Waals surface area contributed by atoms with Gasteiger partial charge in [0, 0.05) is 6.92 Å². The Morgan fingerprint density at radius 3 is 2.12 bits per heavy atom. The molecule has 0 radical (unpaired) electrons. The quantitative estimate of drug-likeness (QED) is 0.809. The number of nitrogens with zero attached hydrogens (tertiary/aromatic N) is 1. The third-order valence-corrected chi connectivity index (χ3v) is 4.33. The Morgan fingerprint density at radius 1 is 1.04 bits per heavy atom. The van der Waals surface area contributed by atoms with E-state index in [1.807, 2.05) is 18.2 Å². The van der Waals surface area contributed by atoms with Gasteiger partial charge >= 0.3 is 0 Å². The second-order valence-electron chi connectivity index (χ2n) is 7.06. The van der Waals surface area contributed by atoms with E-state index in [1.165, 1.54) is 6.92 Å². The number of furan rings is 1.